The molecule has 0 amide bonds. The Morgan fingerprint density at radius 1 is 1.35 bits per heavy atom. The van der Waals surface area contributed by atoms with Gasteiger partial charge < -0.3 is 10.5 Å². The molecule has 0 radical (unpaired) electrons. The van der Waals surface area contributed by atoms with Crippen LogP contribution in [0.1, 0.15) is 32.1 Å². The number of nitro groups is 1. The Morgan fingerprint density at radius 3 is 2.75 bits per heavy atom. The van der Waals surface area contributed by atoms with Gasteiger partial charge in [-0.15, -0.1) is 0 Å². The molecule has 110 valence electrons. The highest BCUT2D eigenvalue weighted by Crippen LogP contribution is 2.34. The van der Waals surface area contributed by atoms with Crippen LogP contribution in [-0.2, 0) is 0 Å². The van der Waals surface area contributed by atoms with Gasteiger partial charge in [-0.2, -0.15) is 0 Å². The van der Waals surface area contributed by atoms with Crippen LogP contribution >= 0.6 is 15.9 Å². The minimum Gasteiger partial charge on any atom is -0.482 e. The zero-order chi connectivity index (χ0) is 14.7. The summed E-state index contributed by atoms with van der Waals surface area (Å²) in [4.78, 5) is 10.4. The summed E-state index contributed by atoms with van der Waals surface area (Å²) in [6.45, 7) is 0. The Balaban J connectivity index is 2.27. The molecule has 1 fully saturated rings. The van der Waals surface area contributed by atoms with E-state index in [0.717, 1.165) is 44.2 Å². The van der Waals surface area contributed by atoms with E-state index in [1.165, 1.54) is 0 Å². The predicted octanol–water partition coefficient (Wildman–Crippen LogP) is 3.54. The number of rotatable bonds is 3. The molecule has 1 saturated carbocycles. The van der Waals surface area contributed by atoms with Gasteiger partial charge in [0.15, 0.2) is 5.75 Å². The highest BCUT2D eigenvalue weighted by atomic mass is 79.9. The van der Waals surface area contributed by atoms with Crippen molar-refractivity contribution < 1.29 is 14.1 Å². The lowest BCUT2D eigenvalue weighted by Gasteiger charge is -2.22. The average molecular weight is 347 g/mol. The molecule has 2 unspecified atom stereocenters. The van der Waals surface area contributed by atoms with E-state index in [1.807, 2.05) is 0 Å². The molecular weight excluding hydrogens is 331 g/mol. The van der Waals surface area contributed by atoms with Gasteiger partial charge in [0, 0.05) is 18.2 Å². The van der Waals surface area contributed by atoms with Crippen LogP contribution in [0, 0.1) is 15.9 Å². The van der Waals surface area contributed by atoms with Crippen molar-refractivity contribution in [2.75, 3.05) is 0 Å². The second-order valence-electron chi connectivity index (χ2n) is 4.95. The van der Waals surface area contributed by atoms with E-state index in [0.29, 0.717) is 0 Å². The molecule has 2 N–H and O–H groups in total. The molecule has 1 aromatic carbocycles. The van der Waals surface area contributed by atoms with E-state index in [9.17, 15) is 14.5 Å². The second-order valence-corrected chi connectivity index (χ2v) is 5.80. The molecule has 0 saturated heterocycles. The van der Waals surface area contributed by atoms with Crippen LogP contribution in [0.2, 0.25) is 0 Å². The van der Waals surface area contributed by atoms with Gasteiger partial charge in [-0.05, 0) is 35.2 Å². The Hall–Kier alpha value is -1.21. The molecule has 20 heavy (non-hydrogen) atoms. The number of hydrogen-bond donors (Lipinski definition) is 1. The maximum atomic E-state index is 13.6. The minimum atomic E-state index is -0.590. The van der Waals surface area contributed by atoms with Gasteiger partial charge in [-0.1, -0.05) is 12.8 Å². The average Bonchev–Trinajstić information content (AvgIpc) is 2.59. The maximum Gasteiger partial charge on any atom is 0.312 e. The first kappa shape index (κ1) is 15.2. The van der Waals surface area contributed by atoms with Gasteiger partial charge in [0.25, 0.3) is 0 Å². The molecule has 7 heteroatoms. The first-order chi connectivity index (χ1) is 9.49. The molecule has 0 heterocycles. The predicted molar refractivity (Wildman–Crippen MR) is 76.2 cm³/mol. The van der Waals surface area contributed by atoms with E-state index in [1.54, 1.807) is 0 Å². The zero-order valence-electron chi connectivity index (χ0n) is 10.9. The van der Waals surface area contributed by atoms with Gasteiger partial charge in [-0.3, -0.25) is 10.1 Å². The summed E-state index contributed by atoms with van der Waals surface area (Å²) in [5.74, 6) is -0.647. The van der Waals surface area contributed by atoms with Gasteiger partial charge in [0.1, 0.15) is 11.9 Å². The summed E-state index contributed by atoms with van der Waals surface area (Å²) in [7, 11) is 0. The standard InChI is InChI=1S/C13H16BrFN2O3/c14-8-6-11(17(18)19)13(7-9(8)15)20-12-5-3-1-2-4-10(12)16/h6-7,10,12H,1-5,16H2. The Bertz CT molecular complexity index is 513. The fraction of sp³-hybridized carbons (Fsp3) is 0.538. The third kappa shape index (κ3) is 3.46. The molecule has 0 aliphatic heterocycles. The van der Waals surface area contributed by atoms with E-state index >= 15 is 0 Å². The largest absolute Gasteiger partial charge is 0.482 e. The van der Waals surface area contributed by atoms with Crippen LogP contribution in [0.3, 0.4) is 0 Å². The van der Waals surface area contributed by atoms with Crippen LogP contribution in [0.5, 0.6) is 5.75 Å². The number of nitro benzene ring substituents is 1. The van der Waals surface area contributed by atoms with Crippen LogP contribution in [0.15, 0.2) is 16.6 Å². The summed E-state index contributed by atoms with van der Waals surface area (Å²) in [5, 5.41) is 11.0. The van der Waals surface area contributed by atoms with Gasteiger partial charge >= 0.3 is 5.69 Å². The van der Waals surface area contributed by atoms with Crippen LogP contribution in [-0.4, -0.2) is 17.1 Å². The molecule has 5 nitrogen and oxygen atoms in total. The van der Waals surface area contributed by atoms with Crippen molar-refractivity contribution in [3.05, 3.63) is 32.5 Å². The van der Waals surface area contributed by atoms with Crippen LogP contribution in [0.25, 0.3) is 0 Å². The number of hydrogen-bond acceptors (Lipinski definition) is 4. The van der Waals surface area contributed by atoms with E-state index < -0.39 is 10.7 Å². The third-order valence-electron chi connectivity index (χ3n) is 3.48. The van der Waals surface area contributed by atoms with Crippen molar-refractivity contribution >= 4 is 21.6 Å². The lowest BCUT2D eigenvalue weighted by Crippen LogP contribution is -2.38. The van der Waals surface area contributed by atoms with Crippen molar-refractivity contribution in [3.8, 4) is 5.75 Å². The normalized spacial score (nSPS) is 23.1. The number of ether oxygens (including phenoxy) is 1. The number of nitrogens with zero attached hydrogens (tertiary/aromatic N) is 1. The number of halogens is 2. The van der Waals surface area contributed by atoms with Crippen molar-refractivity contribution in [1.29, 1.82) is 0 Å². The Kier molecular flexibility index (Phi) is 4.93. The SMILES string of the molecule is NC1CCCCCC1Oc1cc(F)c(Br)cc1[N+](=O)[O-]. The molecule has 1 aliphatic carbocycles. The van der Waals surface area contributed by atoms with E-state index in [2.05, 4.69) is 15.9 Å². The van der Waals surface area contributed by atoms with Gasteiger partial charge in [0.05, 0.1) is 9.40 Å². The van der Waals surface area contributed by atoms with E-state index in [-0.39, 0.29) is 28.1 Å². The number of benzene rings is 1. The molecule has 1 aromatic rings. The quantitative estimate of drug-likeness (QED) is 0.515. The monoisotopic (exact) mass is 346 g/mol. The maximum absolute atomic E-state index is 13.6. The molecule has 0 bridgehead atoms. The van der Waals surface area contributed by atoms with Crippen molar-refractivity contribution in [2.24, 2.45) is 5.73 Å². The van der Waals surface area contributed by atoms with Gasteiger partial charge in [0.2, 0.25) is 0 Å². The molecule has 0 spiro atoms. The van der Waals surface area contributed by atoms with Crippen molar-refractivity contribution in [3.63, 3.8) is 0 Å². The summed E-state index contributed by atoms with van der Waals surface area (Å²) in [5.41, 5.74) is 5.77. The Morgan fingerprint density at radius 2 is 2.05 bits per heavy atom. The summed E-state index contributed by atoms with van der Waals surface area (Å²) in [6, 6.07) is 1.98. The second kappa shape index (κ2) is 6.49. The zero-order valence-corrected chi connectivity index (χ0v) is 12.4. The molecule has 2 atom stereocenters. The fourth-order valence-corrected chi connectivity index (χ4v) is 2.70. The number of nitrogens with two attached hydrogens (primary N) is 1. The van der Waals surface area contributed by atoms with Crippen molar-refractivity contribution in [2.45, 2.75) is 44.2 Å². The molecule has 1 aliphatic rings. The molecule has 0 aromatic heterocycles. The third-order valence-corrected chi connectivity index (χ3v) is 4.09. The smallest absolute Gasteiger partial charge is 0.312 e. The summed E-state index contributed by atoms with van der Waals surface area (Å²) < 4.78 is 19.3. The summed E-state index contributed by atoms with van der Waals surface area (Å²) in [6.07, 6.45) is 4.30. The fourth-order valence-electron chi connectivity index (χ4n) is 2.37. The highest BCUT2D eigenvalue weighted by Gasteiger charge is 2.26. The highest BCUT2D eigenvalue weighted by molar-refractivity contribution is 9.10. The molecule has 2 rings (SSSR count). The van der Waals surface area contributed by atoms with Gasteiger partial charge in [-0.25, -0.2) is 4.39 Å². The topological polar surface area (TPSA) is 78.4 Å². The Labute approximate surface area is 124 Å². The lowest BCUT2D eigenvalue weighted by atomic mass is 10.1. The minimum absolute atomic E-state index is 0.0433. The summed E-state index contributed by atoms with van der Waals surface area (Å²) >= 11 is 2.94. The lowest BCUT2D eigenvalue weighted by molar-refractivity contribution is -0.386. The van der Waals surface area contributed by atoms with Crippen LogP contribution < -0.4 is 10.5 Å². The first-order valence-corrected chi connectivity index (χ1v) is 7.34. The van der Waals surface area contributed by atoms with E-state index in [4.69, 9.17) is 10.5 Å². The van der Waals surface area contributed by atoms with Crippen molar-refractivity contribution in [1.82, 2.24) is 0 Å². The first-order valence-electron chi connectivity index (χ1n) is 6.54. The van der Waals surface area contributed by atoms with Crippen LogP contribution in [0.4, 0.5) is 10.1 Å². The molecular formula is C13H16BrFN2O3.